The Morgan fingerprint density at radius 1 is 0.714 bits per heavy atom. The van der Waals surface area contributed by atoms with Crippen LogP contribution >= 0.6 is 0 Å². The van der Waals surface area contributed by atoms with Crippen molar-refractivity contribution in [2.45, 2.75) is 12.6 Å². The fraction of sp³-hybridized carbons (Fsp3) is 0.125. The van der Waals surface area contributed by atoms with E-state index in [0.29, 0.717) is 0 Å². The Kier molecular flexibility index (Phi) is 4.94. The topological polar surface area (TPSA) is 83.8 Å². The zero-order valence-electron chi connectivity index (χ0n) is 11.0. The first-order valence-electron chi connectivity index (χ1n) is 6.29. The summed E-state index contributed by atoms with van der Waals surface area (Å²) in [6.07, 6.45) is -3.81. The van der Waals surface area contributed by atoms with E-state index in [-0.39, 0.29) is 11.1 Å². The van der Waals surface area contributed by atoms with Crippen molar-refractivity contribution in [3.05, 3.63) is 71.8 Å². The number of aliphatic hydroxyl groups excluding tert-OH is 2. The van der Waals surface area contributed by atoms with E-state index < -0.39 is 24.1 Å². The number of ether oxygens (including phenoxy) is 1. The first-order chi connectivity index (χ1) is 10.1. The first kappa shape index (κ1) is 15.1. The van der Waals surface area contributed by atoms with Crippen LogP contribution in [0, 0.1) is 0 Å². The van der Waals surface area contributed by atoms with Crippen LogP contribution in [0.2, 0.25) is 0 Å². The van der Waals surface area contributed by atoms with Crippen molar-refractivity contribution >= 4 is 11.6 Å². The molecule has 21 heavy (non-hydrogen) atoms. The van der Waals surface area contributed by atoms with Crippen molar-refractivity contribution in [3.63, 3.8) is 0 Å². The van der Waals surface area contributed by atoms with Gasteiger partial charge in [-0.1, -0.05) is 60.7 Å². The number of Topliss-reactive ketones (excluding diaryl/α,β-unsaturated/α-hetero) is 2. The summed E-state index contributed by atoms with van der Waals surface area (Å²) in [7, 11) is 0. The molecule has 5 heteroatoms. The van der Waals surface area contributed by atoms with Crippen molar-refractivity contribution in [2.75, 3.05) is 0 Å². The minimum Gasteiger partial charge on any atom is -0.362 e. The summed E-state index contributed by atoms with van der Waals surface area (Å²) in [5.41, 5.74) is 0.453. The molecule has 0 aliphatic rings. The molecule has 0 saturated carbocycles. The van der Waals surface area contributed by atoms with Gasteiger partial charge in [-0.25, -0.2) is 0 Å². The third-order valence-electron chi connectivity index (χ3n) is 2.82. The zero-order chi connectivity index (χ0) is 15.2. The van der Waals surface area contributed by atoms with Gasteiger partial charge < -0.3 is 14.9 Å². The summed E-state index contributed by atoms with van der Waals surface area (Å²) in [5.74, 6) is -1.45. The van der Waals surface area contributed by atoms with Crippen molar-refractivity contribution in [3.8, 4) is 0 Å². The molecule has 2 aromatic rings. The third kappa shape index (κ3) is 3.82. The van der Waals surface area contributed by atoms with Gasteiger partial charge >= 0.3 is 0 Å². The van der Waals surface area contributed by atoms with Crippen molar-refractivity contribution in [1.29, 1.82) is 0 Å². The molecule has 0 fully saturated rings. The Labute approximate surface area is 121 Å². The smallest absolute Gasteiger partial charge is 0.223 e. The number of ketones is 2. The van der Waals surface area contributed by atoms with Gasteiger partial charge in [0, 0.05) is 11.1 Å². The molecule has 2 aromatic carbocycles. The van der Waals surface area contributed by atoms with Gasteiger partial charge in [0.05, 0.1) is 0 Å². The number of hydrogen-bond donors (Lipinski definition) is 2. The summed E-state index contributed by atoms with van der Waals surface area (Å²) in [4.78, 5) is 23.7. The van der Waals surface area contributed by atoms with E-state index in [9.17, 15) is 19.8 Å². The summed E-state index contributed by atoms with van der Waals surface area (Å²) in [5, 5.41) is 19.3. The molecule has 0 heterocycles. The van der Waals surface area contributed by atoms with Gasteiger partial charge in [-0.2, -0.15) is 0 Å². The molecule has 2 rings (SSSR count). The van der Waals surface area contributed by atoms with Gasteiger partial charge in [0.15, 0.2) is 0 Å². The van der Waals surface area contributed by atoms with Crippen LogP contribution < -0.4 is 0 Å². The van der Waals surface area contributed by atoms with Gasteiger partial charge in [-0.05, 0) is 0 Å². The van der Waals surface area contributed by atoms with E-state index in [1.54, 1.807) is 36.4 Å². The predicted molar refractivity (Wildman–Crippen MR) is 74.6 cm³/mol. The molecule has 0 spiro atoms. The van der Waals surface area contributed by atoms with Crippen LogP contribution in [0.1, 0.15) is 20.7 Å². The lowest BCUT2D eigenvalue weighted by molar-refractivity contribution is -0.163. The zero-order valence-corrected chi connectivity index (χ0v) is 11.0. The second-order valence-electron chi connectivity index (χ2n) is 4.30. The van der Waals surface area contributed by atoms with Crippen LogP contribution in [0.3, 0.4) is 0 Å². The molecule has 0 aliphatic carbocycles. The van der Waals surface area contributed by atoms with Crippen LogP contribution in [0.5, 0.6) is 0 Å². The van der Waals surface area contributed by atoms with Crippen LogP contribution in [0.4, 0.5) is 0 Å². The Morgan fingerprint density at radius 2 is 1.05 bits per heavy atom. The Hall–Kier alpha value is -2.34. The molecule has 0 aromatic heterocycles. The quantitative estimate of drug-likeness (QED) is 0.619. The minimum absolute atomic E-state index is 0.226. The lowest BCUT2D eigenvalue weighted by Gasteiger charge is -2.15. The first-order valence-corrected chi connectivity index (χ1v) is 6.29. The fourth-order valence-corrected chi connectivity index (χ4v) is 1.74. The highest BCUT2D eigenvalue weighted by atomic mass is 16.7. The number of rotatable bonds is 6. The molecular formula is C16H14O5. The Balaban J connectivity index is 2.01. The minimum atomic E-state index is -1.91. The molecular weight excluding hydrogens is 272 g/mol. The maximum atomic E-state index is 11.8. The van der Waals surface area contributed by atoms with E-state index in [1.807, 2.05) is 0 Å². The lowest BCUT2D eigenvalue weighted by atomic mass is 10.1. The summed E-state index contributed by atoms with van der Waals surface area (Å²) >= 11 is 0. The van der Waals surface area contributed by atoms with Crippen molar-refractivity contribution in [2.24, 2.45) is 0 Å². The molecule has 5 nitrogen and oxygen atoms in total. The van der Waals surface area contributed by atoms with E-state index in [4.69, 9.17) is 4.74 Å². The van der Waals surface area contributed by atoms with Crippen LogP contribution in [-0.2, 0) is 4.74 Å². The van der Waals surface area contributed by atoms with Crippen molar-refractivity contribution < 1.29 is 24.5 Å². The predicted octanol–water partition coefficient (Wildman–Crippen LogP) is 1.41. The molecule has 0 saturated heterocycles. The lowest BCUT2D eigenvalue weighted by Crippen LogP contribution is -2.34. The number of carbonyl (C=O) groups is 2. The molecule has 2 atom stereocenters. The monoisotopic (exact) mass is 286 g/mol. The molecule has 2 N–H and O–H groups in total. The van der Waals surface area contributed by atoms with Gasteiger partial charge in [0.2, 0.25) is 24.1 Å². The Bertz CT molecular complexity index is 554. The fourth-order valence-electron chi connectivity index (χ4n) is 1.74. The highest BCUT2D eigenvalue weighted by Gasteiger charge is 2.25. The second-order valence-corrected chi connectivity index (χ2v) is 4.30. The number of aliphatic hydroxyl groups is 2. The van der Waals surface area contributed by atoms with Crippen LogP contribution in [-0.4, -0.2) is 34.4 Å². The standard InChI is InChI=1S/C16H14O5/c17-13(11-7-3-1-4-8-11)15(19)21-16(20)14(18)12-9-5-2-6-10-12/h1-10,15-16,19-20H. The largest absolute Gasteiger partial charge is 0.362 e. The highest BCUT2D eigenvalue weighted by molar-refractivity contribution is 6.00. The average Bonchev–Trinajstić information content (AvgIpc) is 2.55. The molecule has 0 aliphatic heterocycles. The molecule has 0 amide bonds. The van der Waals surface area contributed by atoms with Gasteiger partial charge in [0.25, 0.3) is 0 Å². The molecule has 0 radical (unpaired) electrons. The third-order valence-corrected chi connectivity index (χ3v) is 2.82. The second kappa shape index (κ2) is 6.90. The highest BCUT2D eigenvalue weighted by Crippen LogP contribution is 2.09. The van der Waals surface area contributed by atoms with E-state index in [0.717, 1.165) is 0 Å². The molecule has 108 valence electrons. The SMILES string of the molecule is O=C(c1ccccc1)C(O)OC(O)C(=O)c1ccccc1. The summed E-state index contributed by atoms with van der Waals surface area (Å²) < 4.78 is 4.69. The van der Waals surface area contributed by atoms with E-state index >= 15 is 0 Å². The normalized spacial score (nSPS) is 13.4. The van der Waals surface area contributed by atoms with Gasteiger partial charge in [-0.3, -0.25) is 9.59 Å². The van der Waals surface area contributed by atoms with Crippen LogP contribution in [0.15, 0.2) is 60.7 Å². The van der Waals surface area contributed by atoms with Crippen molar-refractivity contribution in [1.82, 2.24) is 0 Å². The average molecular weight is 286 g/mol. The Morgan fingerprint density at radius 3 is 1.38 bits per heavy atom. The molecule has 0 bridgehead atoms. The number of hydrogen-bond acceptors (Lipinski definition) is 5. The number of benzene rings is 2. The maximum absolute atomic E-state index is 11.8. The number of carbonyl (C=O) groups excluding carboxylic acids is 2. The van der Waals surface area contributed by atoms with E-state index in [2.05, 4.69) is 0 Å². The van der Waals surface area contributed by atoms with E-state index in [1.165, 1.54) is 24.3 Å². The van der Waals surface area contributed by atoms with Gasteiger partial charge in [-0.15, -0.1) is 0 Å². The van der Waals surface area contributed by atoms with Crippen LogP contribution in [0.25, 0.3) is 0 Å². The summed E-state index contributed by atoms with van der Waals surface area (Å²) in [6, 6.07) is 16.0. The summed E-state index contributed by atoms with van der Waals surface area (Å²) in [6.45, 7) is 0. The maximum Gasteiger partial charge on any atom is 0.223 e. The molecule has 2 unspecified atom stereocenters. The van der Waals surface area contributed by atoms with Gasteiger partial charge in [0.1, 0.15) is 0 Å².